The second-order valence-corrected chi connectivity index (χ2v) is 7.17. The van der Waals surface area contributed by atoms with E-state index in [2.05, 4.69) is 9.98 Å². The molecule has 0 radical (unpaired) electrons. The molecule has 0 saturated heterocycles. The van der Waals surface area contributed by atoms with Crippen LogP contribution in [-0.2, 0) is 11.2 Å². The van der Waals surface area contributed by atoms with Crippen LogP contribution in [0, 0.1) is 12.7 Å². The van der Waals surface area contributed by atoms with Gasteiger partial charge in [-0.05, 0) is 36.3 Å². The Bertz CT molecular complexity index is 795. The number of alkyl halides is 3. The van der Waals surface area contributed by atoms with Gasteiger partial charge in [0.25, 0.3) is 0 Å². The Labute approximate surface area is 151 Å². The number of benzene rings is 1. The molecule has 9 heteroatoms. The lowest BCUT2D eigenvalue weighted by molar-refractivity contribution is -0.106. The summed E-state index contributed by atoms with van der Waals surface area (Å²) in [5.74, 6) is -1.84. The van der Waals surface area contributed by atoms with Crippen LogP contribution in [0.4, 0.5) is 23.2 Å². The molecule has 0 bridgehead atoms. The van der Waals surface area contributed by atoms with Crippen LogP contribution in [0.5, 0.6) is 0 Å². The van der Waals surface area contributed by atoms with Gasteiger partial charge in [0.15, 0.2) is 4.90 Å². The van der Waals surface area contributed by atoms with E-state index in [-0.39, 0.29) is 16.1 Å². The molecule has 1 aromatic heterocycles. The molecule has 0 aliphatic carbocycles. The first kappa shape index (κ1) is 20.2. The van der Waals surface area contributed by atoms with Gasteiger partial charge in [-0.15, -0.1) is 0 Å². The minimum Gasteiger partial charge on any atom is -0.611 e. The third-order valence-corrected chi connectivity index (χ3v) is 4.87. The van der Waals surface area contributed by atoms with Gasteiger partial charge in [-0.3, -0.25) is 4.98 Å². The van der Waals surface area contributed by atoms with Gasteiger partial charge in [-0.25, -0.2) is 9.38 Å². The van der Waals surface area contributed by atoms with Crippen LogP contribution in [0.25, 0.3) is 0 Å². The van der Waals surface area contributed by atoms with Crippen molar-refractivity contribution in [2.24, 2.45) is 4.99 Å². The van der Waals surface area contributed by atoms with Crippen molar-refractivity contribution in [2.75, 3.05) is 19.8 Å². The average molecular weight is 387 g/mol. The Hall–Kier alpha value is -2.13. The van der Waals surface area contributed by atoms with Crippen LogP contribution in [0.1, 0.15) is 11.1 Å². The van der Waals surface area contributed by atoms with Gasteiger partial charge in [0, 0.05) is 43.7 Å². The molecule has 0 fully saturated rings. The largest absolute Gasteiger partial charge is 0.611 e. The first-order valence-corrected chi connectivity index (χ1v) is 8.82. The molecule has 140 valence electrons. The Morgan fingerprint density at radius 3 is 2.54 bits per heavy atom. The molecule has 0 spiro atoms. The predicted octanol–water partition coefficient (Wildman–Crippen LogP) is 3.84. The summed E-state index contributed by atoms with van der Waals surface area (Å²) in [6.45, 7) is 1.41. The maximum absolute atomic E-state index is 14.3. The maximum atomic E-state index is 14.3. The Morgan fingerprint density at radius 1 is 1.31 bits per heavy atom. The average Bonchev–Trinajstić information content (AvgIpc) is 2.52. The zero-order valence-corrected chi connectivity index (χ0v) is 15.2. The SMILES string of the molecule is Cc1cc(F)c(/N=C(/c2cccnc2)N(C)C)cc1[S+]([O-])CC(F)(F)F. The lowest BCUT2D eigenvalue weighted by Gasteiger charge is -2.17. The summed E-state index contributed by atoms with van der Waals surface area (Å²) in [4.78, 5) is 9.73. The fourth-order valence-electron chi connectivity index (χ4n) is 2.23. The predicted molar refractivity (Wildman–Crippen MR) is 92.6 cm³/mol. The summed E-state index contributed by atoms with van der Waals surface area (Å²) in [5, 5.41) is 0. The molecule has 2 rings (SSSR count). The summed E-state index contributed by atoms with van der Waals surface area (Å²) in [6, 6.07) is 5.55. The highest BCUT2D eigenvalue weighted by molar-refractivity contribution is 7.91. The van der Waals surface area contributed by atoms with Crippen molar-refractivity contribution in [3.63, 3.8) is 0 Å². The van der Waals surface area contributed by atoms with E-state index < -0.39 is 28.9 Å². The highest BCUT2D eigenvalue weighted by atomic mass is 32.2. The van der Waals surface area contributed by atoms with Gasteiger partial charge in [0.05, 0.1) is 0 Å². The fraction of sp³-hybridized carbons (Fsp3) is 0.294. The second kappa shape index (κ2) is 8.05. The zero-order chi connectivity index (χ0) is 19.5. The number of nitrogens with zero attached hydrogens (tertiary/aromatic N) is 3. The van der Waals surface area contributed by atoms with Crippen molar-refractivity contribution < 1.29 is 22.1 Å². The van der Waals surface area contributed by atoms with Crippen molar-refractivity contribution in [1.29, 1.82) is 0 Å². The molecule has 0 N–H and O–H groups in total. The number of hydrogen-bond donors (Lipinski definition) is 0. The smallest absolute Gasteiger partial charge is 0.433 e. The molecule has 1 heterocycles. The van der Waals surface area contributed by atoms with Gasteiger partial charge in [0.2, 0.25) is 5.75 Å². The summed E-state index contributed by atoms with van der Waals surface area (Å²) in [6.07, 6.45) is -1.48. The van der Waals surface area contributed by atoms with Crippen molar-refractivity contribution >= 4 is 22.7 Å². The minimum atomic E-state index is -4.58. The molecular formula is C17H17F4N3OS. The van der Waals surface area contributed by atoms with E-state index in [1.54, 1.807) is 37.3 Å². The van der Waals surface area contributed by atoms with E-state index in [0.717, 1.165) is 12.1 Å². The molecule has 1 atom stereocenters. The molecule has 4 nitrogen and oxygen atoms in total. The van der Waals surface area contributed by atoms with Gasteiger partial charge in [0.1, 0.15) is 17.3 Å². The minimum absolute atomic E-state index is 0.0910. The van der Waals surface area contributed by atoms with Gasteiger partial charge in [-0.1, -0.05) is 0 Å². The fourth-order valence-corrected chi connectivity index (χ4v) is 3.35. The monoisotopic (exact) mass is 387 g/mol. The summed E-state index contributed by atoms with van der Waals surface area (Å²) in [7, 11) is 3.39. The first-order valence-electron chi connectivity index (χ1n) is 7.50. The standard InChI is InChI=1S/C17H17F4N3OS/c1-11-7-13(18)14(8-15(11)26(25)10-17(19,20)21)23-16(24(2)3)12-5-4-6-22-9-12/h4-9H,10H2,1-3H3/b23-16-. The topological polar surface area (TPSA) is 51.5 Å². The van der Waals surface area contributed by atoms with Crippen molar-refractivity contribution in [3.8, 4) is 0 Å². The zero-order valence-electron chi connectivity index (χ0n) is 14.3. The van der Waals surface area contributed by atoms with Crippen molar-refractivity contribution in [2.45, 2.75) is 18.0 Å². The van der Waals surface area contributed by atoms with E-state index in [4.69, 9.17) is 0 Å². The summed E-state index contributed by atoms with van der Waals surface area (Å²) in [5.41, 5.74) is 0.598. The lowest BCUT2D eigenvalue weighted by atomic mass is 10.2. The number of aryl methyl sites for hydroxylation is 1. The van der Waals surface area contributed by atoms with Crippen LogP contribution in [0.2, 0.25) is 0 Å². The Morgan fingerprint density at radius 2 is 2.00 bits per heavy atom. The van der Waals surface area contributed by atoms with Crippen molar-refractivity contribution in [3.05, 3.63) is 53.6 Å². The van der Waals surface area contributed by atoms with Crippen LogP contribution in [0.3, 0.4) is 0 Å². The van der Waals surface area contributed by atoms with Crippen LogP contribution < -0.4 is 0 Å². The molecular weight excluding hydrogens is 370 g/mol. The van der Waals surface area contributed by atoms with E-state index in [0.29, 0.717) is 11.4 Å². The number of hydrogen-bond acceptors (Lipinski definition) is 3. The quantitative estimate of drug-likeness (QED) is 0.347. The number of pyridine rings is 1. The molecule has 0 saturated carbocycles. The van der Waals surface area contributed by atoms with E-state index in [1.807, 2.05) is 0 Å². The first-order chi connectivity index (χ1) is 12.1. The lowest BCUT2D eigenvalue weighted by Crippen LogP contribution is -2.24. The summed E-state index contributed by atoms with van der Waals surface area (Å²) >= 11 is -2.34. The third kappa shape index (κ3) is 5.18. The summed E-state index contributed by atoms with van der Waals surface area (Å²) < 4.78 is 63.9. The number of aliphatic imine (C=N–C) groups is 1. The molecule has 26 heavy (non-hydrogen) atoms. The molecule has 0 aliphatic heterocycles. The van der Waals surface area contributed by atoms with E-state index >= 15 is 0 Å². The maximum Gasteiger partial charge on any atom is 0.433 e. The molecule has 0 amide bonds. The molecule has 1 unspecified atom stereocenters. The number of halogens is 4. The normalized spacial score (nSPS) is 13.6. The molecule has 2 aromatic rings. The van der Waals surface area contributed by atoms with Gasteiger partial charge >= 0.3 is 6.18 Å². The third-order valence-electron chi connectivity index (χ3n) is 3.35. The highest BCUT2D eigenvalue weighted by Crippen LogP contribution is 2.30. The molecule has 1 aromatic carbocycles. The second-order valence-electron chi connectivity index (χ2n) is 5.75. The van der Waals surface area contributed by atoms with Crippen LogP contribution >= 0.6 is 0 Å². The number of aromatic nitrogens is 1. The number of amidine groups is 1. The van der Waals surface area contributed by atoms with Crippen LogP contribution in [-0.4, -0.2) is 46.3 Å². The van der Waals surface area contributed by atoms with E-state index in [9.17, 15) is 22.1 Å². The Kier molecular flexibility index (Phi) is 6.25. The van der Waals surface area contributed by atoms with Crippen molar-refractivity contribution in [1.82, 2.24) is 9.88 Å². The molecule has 0 aliphatic rings. The van der Waals surface area contributed by atoms with Crippen LogP contribution in [0.15, 0.2) is 46.5 Å². The highest BCUT2D eigenvalue weighted by Gasteiger charge is 2.36. The number of rotatable bonds is 4. The Balaban J connectivity index is 2.50. The van der Waals surface area contributed by atoms with Gasteiger partial charge in [-0.2, -0.15) is 13.2 Å². The van der Waals surface area contributed by atoms with E-state index in [1.165, 1.54) is 13.1 Å². The van der Waals surface area contributed by atoms with Gasteiger partial charge < -0.3 is 9.45 Å².